The van der Waals surface area contributed by atoms with Gasteiger partial charge in [0.15, 0.2) is 5.82 Å². The summed E-state index contributed by atoms with van der Waals surface area (Å²) in [5.41, 5.74) is 2.08. The predicted molar refractivity (Wildman–Crippen MR) is 110 cm³/mol. The second-order valence-corrected chi connectivity index (χ2v) is 6.21. The highest BCUT2D eigenvalue weighted by atomic mass is 16.4. The van der Waals surface area contributed by atoms with Crippen LogP contribution < -0.4 is 10.6 Å². The summed E-state index contributed by atoms with van der Waals surface area (Å²) in [5.74, 6) is 0.746. The number of carboxylic acids is 1. The standard InChI is InChI=1S/C20H16N8O2/c1-12-3-2-4-15(24-12)18-22-7-5-16(27-18)26-17-6-8-23-20(28-17)25-14-9-13(19(29)30)10-21-11-14/h2-11H,1H3,(H,29,30)(H2,22,23,25,26,27,28). The first kappa shape index (κ1) is 18.9. The Balaban J connectivity index is 1.53. The van der Waals surface area contributed by atoms with Gasteiger partial charge in [-0.1, -0.05) is 6.07 Å². The molecule has 0 aliphatic rings. The molecule has 4 aromatic rings. The van der Waals surface area contributed by atoms with Gasteiger partial charge in [0.25, 0.3) is 0 Å². The Morgan fingerprint density at radius 1 is 0.933 bits per heavy atom. The van der Waals surface area contributed by atoms with Crippen molar-refractivity contribution in [2.45, 2.75) is 6.92 Å². The number of hydrogen-bond acceptors (Lipinski definition) is 9. The number of anilines is 4. The van der Waals surface area contributed by atoms with Gasteiger partial charge >= 0.3 is 5.97 Å². The Morgan fingerprint density at radius 3 is 2.53 bits per heavy atom. The molecule has 4 heterocycles. The predicted octanol–water partition coefficient (Wildman–Crippen LogP) is 3.22. The Hall–Kier alpha value is -4.47. The molecule has 0 saturated carbocycles. The van der Waals surface area contributed by atoms with Gasteiger partial charge in [0.05, 0.1) is 17.4 Å². The summed E-state index contributed by atoms with van der Waals surface area (Å²) >= 11 is 0. The van der Waals surface area contributed by atoms with Crippen molar-refractivity contribution in [1.29, 1.82) is 0 Å². The second-order valence-electron chi connectivity index (χ2n) is 6.21. The molecule has 4 rings (SSSR count). The van der Waals surface area contributed by atoms with E-state index in [-0.39, 0.29) is 11.5 Å². The number of aromatic carboxylic acids is 1. The summed E-state index contributed by atoms with van der Waals surface area (Å²) in [6.07, 6.45) is 5.96. The molecule has 10 nitrogen and oxygen atoms in total. The van der Waals surface area contributed by atoms with Crippen molar-refractivity contribution in [3.63, 3.8) is 0 Å². The maximum atomic E-state index is 11.1. The van der Waals surface area contributed by atoms with Gasteiger partial charge in [0, 0.05) is 24.3 Å². The minimum atomic E-state index is -1.06. The van der Waals surface area contributed by atoms with E-state index < -0.39 is 5.97 Å². The van der Waals surface area contributed by atoms with Crippen LogP contribution in [0.1, 0.15) is 16.1 Å². The maximum Gasteiger partial charge on any atom is 0.337 e. The number of hydrogen-bond donors (Lipinski definition) is 3. The zero-order chi connectivity index (χ0) is 20.9. The second kappa shape index (κ2) is 8.27. The third-order valence-electron chi connectivity index (χ3n) is 3.93. The fourth-order valence-electron chi connectivity index (χ4n) is 2.59. The third kappa shape index (κ3) is 4.50. The van der Waals surface area contributed by atoms with Crippen LogP contribution >= 0.6 is 0 Å². The van der Waals surface area contributed by atoms with E-state index in [4.69, 9.17) is 5.11 Å². The van der Waals surface area contributed by atoms with Gasteiger partial charge in [0.1, 0.15) is 17.3 Å². The van der Waals surface area contributed by atoms with Crippen LogP contribution in [-0.2, 0) is 0 Å². The smallest absolute Gasteiger partial charge is 0.337 e. The molecule has 3 N–H and O–H groups in total. The molecule has 0 saturated heterocycles. The van der Waals surface area contributed by atoms with Gasteiger partial charge in [-0.3, -0.25) is 4.98 Å². The fourth-order valence-corrected chi connectivity index (χ4v) is 2.59. The van der Waals surface area contributed by atoms with Crippen LogP contribution in [-0.4, -0.2) is 41.0 Å². The lowest BCUT2D eigenvalue weighted by molar-refractivity contribution is 0.0696. The molecule has 0 bridgehead atoms. The first-order valence-electron chi connectivity index (χ1n) is 8.89. The zero-order valence-corrected chi connectivity index (χ0v) is 15.8. The summed E-state index contributed by atoms with van der Waals surface area (Å²) in [4.78, 5) is 36.7. The minimum Gasteiger partial charge on any atom is -0.478 e. The van der Waals surface area contributed by atoms with Gasteiger partial charge < -0.3 is 15.7 Å². The van der Waals surface area contributed by atoms with Crippen LogP contribution in [0, 0.1) is 6.92 Å². The average Bonchev–Trinajstić information content (AvgIpc) is 2.74. The number of carbonyl (C=O) groups is 1. The largest absolute Gasteiger partial charge is 0.478 e. The van der Waals surface area contributed by atoms with Gasteiger partial charge in [-0.2, -0.15) is 4.98 Å². The van der Waals surface area contributed by atoms with Crippen LogP contribution in [0.15, 0.2) is 61.2 Å². The van der Waals surface area contributed by atoms with Crippen LogP contribution in [0.25, 0.3) is 11.5 Å². The van der Waals surface area contributed by atoms with Crippen LogP contribution in [0.2, 0.25) is 0 Å². The van der Waals surface area contributed by atoms with Crippen molar-refractivity contribution in [2.75, 3.05) is 10.6 Å². The molecule has 0 radical (unpaired) electrons. The summed E-state index contributed by atoms with van der Waals surface area (Å²) in [7, 11) is 0. The summed E-state index contributed by atoms with van der Waals surface area (Å²) in [6, 6.07) is 10.5. The van der Waals surface area contributed by atoms with Gasteiger partial charge in [0.2, 0.25) is 5.95 Å². The van der Waals surface area contributed by atoms with Crippen molar-refractivity contribution in [3.05, 3.63) is 72.4 Å². The molecule has 0 aliphatic carbocycles. The lowest BCUT2D eigenvalue weighted by atomic mass is 10.3. The topological polar surface area (TPSA) is 139 Å². The molecule has 0 atom stereocenters. The van der Waals surface area contributed by atoms with Crippen molar-refractivity contribution in [3.8, 4) is 11.5 Å². The molecular weight excluding hydrogens is 384 g/mol. The number of pyridine rings is 2. The molecule has 10 heteroatoms. The number of aromatic nitrogens is 6. The number of nitrogens with one attached hydrogen (secondary N) is 2. The summed E-state index contributed by atoms with van der Waals surface area (Å²) in [5, 5.41) is 15.1. The average molecular weight is 400 g/mol. The third-order valence-corrected chi connectivity index (χ3v) is 3.93. The van der Waals surface area contributed by atoms with Crippen molar-refractivity contribution in [1.82, 2.24) is 29.9 Å². The number of nitrogens with zero attached hydrogens (tertiary/aromatic N) is 6. The monoisotopic (exact) mass is 400 g/mol. The molecule has 0 fully saturated rings. The van der Waals surface area contributed by atoms with Gasteiger partial charge in [-0.05, 0) is 37.3 Å². The van der Waals surface area contributed by atoms with E-state index in [9.17, 15) is 4.79 Å². The molecule has 0 amide bonds. The zero-order valence-electron chi connectivity index (χ0n) is 15.8. The molecule has 0 unspecified atom stereocenters. The van der Waals surface area contributed by atoms with Crippen LogP contribution in [0.4, 0.5) is 23.3 Å². The van der Waals surface area contributed by atoms with Crippen molar-refractivity contribution >= 4 is 29.2 Å². The Morgan fingerprint density at radius 2 is 1.73 bits per heavy atom. The number of rotatable bonds is 6. The minimum absolute atomic E-state index is 0.0625. The molecule has 0 aromatic carbocycles. The van der Waals surface area contributed by atoms with E-state index in [1.165, 1.54) is 18.5 Å². The molecule has 148 valence electrons. The number of carboxylic acid groups (broad SMARTS) is 1. The maximum absolute atomic E-state index is 11.1. The highest BCUT2D eigenvalue weighted by Crippen LogP contribution is 2.19. The van der Waals surface area contributed by atoms with E-state index >= 15 is 0 Å². The van der Waals surface area contributed by atoms with E-state index in [2.05, 4.69) is 40.5 Å². The summed E-state index contributed by atoms with van der Waals surface area (Å²) in [6.45, 7) is 1.91. The fraction of sp³-hybridized carbons (Fsp3) is 0.0500. The Kier molecular flexibility index (Phi) is 5.20. The van der Waals surface area contributed by atoms with E-state index in [0.29, 0.717) is 28.8 Å². The van der Waals surface area contributed by atoms with Crippen molar-refractivity contribution in [2.24, 2.45) is 0 Å². The Bertz CT molecular complexity index is 1210. The quantitative estimate of drug-likeness (QED) is 0.442. The Labute approximate surface area is 171 Å². The lowest BCUT2D eigenvalue weighted by Gasteiger charge is -2.09. The van der Waals surface area contributed by atoms with Crippen molar-refractivity contribution < 1.29 is 9.90 Å². The molecule has 0 aliphatic heterocycles. The molecular formula is C20H16N8O2. The summed E-state index contributed by atoms with van der Waals surface area (Å²) < 4.78 is 0. The van der Waals surface area contributed by atoms with E-state index in [1.807, 2.05) is 25.1 Å². The SMILES string of the molecule is Cc1cccc(-c2nccc(Nc3ccnc(Nc4cncc(C(=O)O)c4)n3)n2)n1. The van der Waals surface area contributed by atoms with Crippen LogP contribution in [0.3, 0.4) is 0 Å². The molecule has 4 aromatic heterocycles. The lowest BCUT2D eigenvalue weighted by Crippen LogP contribution is -2.04. The first-order chi connectivity index (χ1) is 14.6. The van der Waals surface area contributed by atoms with E-state index in [1.54, 1.807) is 24.5 Å². The highest BCUT2D eigenvalue weighted by Gasteiger charge is 2.08. The molecule has 30 heavy (non-hydrogen) atoms. The first-order valence-corrected chi connectivity index (χ1v) is 8.89. The van der Waals surface area contributed by atoms with Crippen LogP contribution in [0.5, 0.6) is 0 Å². The normalized spacial score (nSPS) is 10.4. The van der Waals surface area contributed by atoms with E-state index in [0.717, 1.165) is 5.69 Å². The highest BCUT2D eigenvalue weighted by molar-refractivity contribution is 5.88. The molecule has 0 spiro atoms. The van der Waals surface area contributed by atoms with Gasteiger partial charge in [-0.15, -0.1) is 0 Å². The van der Waals surface area contributed by atoms with Gasteiger partial charge in [-0.25, -0.2) is 24.7 Å². The number of aryl methyl sites for hydroxylation is 1.